The van der Waals surface area contributed by atoms with Gasteiger partial charge in [0.2, 0.25) is 11.8 Å². The standard InChI is InChI=1S/C19H25FN2O4S/c1-14(23)21-10-6-15(7-11-21)19(24)22-12-8-18(9-13-22)27(25,26)17-4-2-16(20)3-5-17/h2-5,15,18H,6-13H2,1H3. The van der Waals surface area contributed by atoms with E-state index in [0.29, 0.717) is 51.9 Å². The summed E-state index contributed by atoms with van der Waals surface area (Å²) in [4.78, 5) is 27.8. The number of carbonyl (C=O) groups excluding carboxylic acids is 2. The molecule has 0 unspecified atom stereocenters. The van der Waals surface area contributed by atoms with Gasteiger partial charge < -0.3 is 9.80 Å². The summed E-state index contributed by atoms with van der Waals surface area (Å²) in [5.74, 6) is -0.459. The Morgan fingerprint density at radius 1 is 0.926 bits per heavy atom. The van der Waals surface area contributed by atoms with Crippen molar-refractivity contribution in [1.82, 2.24) is 9.80 Å². The van der Waals surface area contributed by atoms with Crippen molar-refractivity contribution in [2.45, 2.75) is 42.8 Å². The van der Waals surface area contributed by atoms with Crippen LogP contribution in [0.4, 0.5) is 4.39 Å². The molecule has 0 aliphatic carbocycles. The van der Waals surface area contributed by atoms with Crippen molar-refractivity contribution in [2.24, 2.45) is 5.92 Å². The number of likely N-dealkylation sites (tertiary alicyclic amines) is 2. The molecule has 8 heteroatoms. The molecule has 1 aromatic carbocycles. The predicted octanol–water partition coefficient (Wildman–Crippen LogP) is 1.85. The van der Waals surface area contributed by atoms with E-state index >= 15 is 0 Å². The lowest BCUT2D eigenvalue weighted by atomic mass is 9.94. The van der Waals surface area contributed by atoms with Crippen molar-refractivity contribution in [1.29, 1.82) is 0 Å². The van der Waals surface area contributed by atoms with Crippen molar-refractivity contribution in [3.8, 4) is 0 Å². The normalized spacial score (nSPS) is 19.9. The molecule has 2 aliphatic heterocycles. The number of halogens is 1. The Morgan fingerprint density at radius 2 is 1.44 bits per heavy atom. The highest BCUT2D eigenvalue weighted by Crippen LogP contribution is 2.27. The highest BCUT2D eigenvalue weighted by molar-refractivity contribution is 7.92. The molecular weight excluding hydrogens is 371 g/mol. The fourth-order valence-electron chi connectivity index (χ4n) is 3.90. The zero-order valence-electron chi connectivity index (χ0n) is 15.4. The zero-order valence-corrected chi connectivity index (χ0v) is 16.3. The van der Waals surface area contributed by atoms with Crippen LogP contribution in [-0.4, -0.2) is 61.5 Å². The van der Waals surface area contributed by atoms with Crippen LogP contribution in [-0.2, 0) is 19.4 Å². The predicted molar refractivity (Wildman–Crippen MR) is 98.2 cm³/mol. The second kappa shape index (κ2) is 7.96. The topological polar surface area (TPSA) is 74.8 Å². The molecule has 0 aromatic heterocycles. The molecule has 2 aliphatic rings. The van der Waals surface area contributed by atoms with E-state index in [9.17, 15) is 22.4 Å². The maximum Gasteiger partial charge on any atom is 0.225 e. The van der Waals surface area contributed by atoms with Crippen LogP contribution in [0.1, 0.15) is 32.6 Å². The van der Waals surface area contributed by atoms with Crippen LogP contribution in [0.2, 0.25) is 0 Å². The van der Waals surface area contributed by atoms with Crippen LogP contribution in [0.3, 0.4) is 0 Å². The summed E-state index contributed by atoms with van der Waals surface area (Å²) in [5, 5.41) is -0.549. The van der Waals surface area contributed by atoms with E-state index < -0.39 is 20.9 Å². The molecule has 0 N–H and O–H groups in total. The molecule has 2 heterocycles. The third-order valence-electron chi connectivity index (χ3n) is 5.62. The number of sulfone groups is 1. The first-order chi connectivity index (χ1) is 12.8. The van der Waals surface area contributed by atoms with Gasteiger partial charge in [-0.05, 0) is 49.9 Å². The summed E-state index contributed by atoms with van der Waals surface area (Å²) in [5.41, 5.74) is 0. The molecule has 0 bridgehead atoms. The lowest BCUT2D eigenvalue weighted by Gasteiger charge is -2.37. The molecule has 0 saturated carbocycles. The van der Waals surface area contributed by atoms with Crippen molar-refractivity contribution in [3.05, 3.63) is 30.1 Å². The fourth-order valence-corrected chi connectivity index (χ4v) is 5.63. The second-order valence-electron chi connectivity index (χ2n) is 7.30. The highest BCUT2D eigenvalue weighted by atomic mass is 32.2. The molecule has 148 valence electrons. The van der Waals surface area contributed by atoms with Gasteiger partial charge in [-0.15, -0.1) is 0 Å². The van der Waals surface area contributed by atoms with Gasteiger partial charge in [-0.2, -0.15) is 0 Å². The van der Waals surface area contributed by atoms with Gasteiger partial charge in [-0.1, -0.05) is 0 Å². The molecular formula is C19H25FN2O4S. The van der Waals surface area contributed by atoms with E-state index in [1.54, 1.807) is 9.80 Å². The van der Waals surface area contributed by atoms with Gasteiger partial charge in [0.15, 0.2) is 9.84 Å². The largest absolute Gasteiger partial charge is 0.343 e. The third-order valence-corrected chi connectivity index (χ3v) is 7.90. The molecule has 3 rings (SSSR count). The first-order valence-electron chi connectivity index (χ1n) is 9.33. The van der Waals surface area contributed by atoms with Gasteiger partial charge in [0.05, 0.1) is 10.1 Å². The lowest BCUT2D eigenvalue weighted by molar-refractivity contribution is -0.140. The Labute approximate surface area is 159 Å². The average Bonchev–Trinajstić information content (AvgIpc) is 2.68. The summed E-state index contributed by atoms with van der Waals surface area (Å²) in [6.45, 7) is 3.56. The molecule has 2 saturated heterocycles. The SMILES string of the molecule is CC(=O)N1CCC(C(=O)N2CCC(S(=O)(=O)c3ccc(F)cc3)CC2)CC1. The van der Waals surface area contributed by atoms with Gasteiger partial charge in [-0.25, -0.2) is 12.8 Å². The van der Waals surface area contributed by atoms with E-state index in [1.165, 1.54) is 19.1 Å². The van der Waals surface area contributed by atoms with Crippen molar-refractivity contribution < 1.29 is 22.4 Å². The maximum absolute atomic E-state index is 13.0. The minimum absolute atomic E-state index is 0.0349. The minimum Gasteiger partial charge on any atom is -0.343 e. The Balaban J connectivity index is 1.56. The van der Waals surface area contributed by atoms with Gasteiger partial charge in [-0.3, -0.25) is 9.59 Å². The fraction of sp³-hybridized carbons (Fsp3) is 0.579. The van der Waals surface area contributed by atoms with Crippen LogP contribution in [0.15, 0.2) is 29.2 Å². The van der Waals surface area contributed by atoms with Crippen molar-refractivity contribution in [2.75, 3.05) is 26.2 Å². The Morgan fingerprint density at radius 3 is 1.96 bits per heavy atom. The number of hydrogen-bond donors (Lipinski definition) is 0. The monoisotopic (exact) mass is 396 g/mol. The first-order valence-corrected chi connectivity index (χ1v) is 10.9. The number of piperidine rings is 2. The summed E-state index contributed by atoms with van der Waals surface area (Å²) in [6.07, 6.45) is 2.09. The van der Waals surface area contributed by atoms with Gasteiger partial charge >= 0.3 is 0 Å². The second-order valence-corrected chi connectivity index (χ2v) is 9.53. The van der Waals surface area contributed by atoms with Crippen LogP contribution in [0.25, 0.3) is 0 Å². The van der Waals surface area contributed by atoms with Gasteiger partial charge in [0, 0.05) is 39.0 Å². The van der Waals surface area contributed by atoms with Crippen molar-refractivity contribution in [3.63, 3.8) is 0 Å². The number of nitrogens with zero attached hydrogens (tertiary/aromatic N) is 2. The Kier molecular flexibility index (Phi) is 5.83. The van der Waals surface area contributed by atoms with Crippen LogP contribution in [0.5, 0.6) is 0 Å². The summed E-state index contributed by atoms with van der Waals surface area (Å²) < 4.78 is 38.5. The average molecular weight is 396 g/mol. The van der Waals surface area contributed by atoms with E-state index in [4.69, 9.17) is 0 Å². The van der Waals surface area contributed by atoms with Crippen LogP contribution >= 0.6 is 0 Å². The highest BCUT2D eigenvalue weighted by Gasteiger charge is 2.35. The quantitative estimate of drug-likeness (QED) is 0.731. The first kappa shape index (κ1) is 19.8. The number of carbonyl (C=O) groups is 2. The van der Waals surface area contributed by atoms with E-state index in [0.717, 1.165) is 12.1 Å². The molecule has 0 atom stereocenters. The molecule has 27 heavy (non-hydrogen) atoms. The number of rotatable bonds is 3. The Hall–Kier alpha value is -1.96. The Bertz CT molecular complexity index is 794. The number of hydrogen-bond acceptors (Lipinski definition) is 4. The number of amides is 2. The molecule has 0 spiro atoms. The van der Waals surface area contributed by atoms with Crippen LogP contribution in [0, 0.1) is 11.7 Å². The smallest absolute Gasteiger partial charge is 0.225 e. The maximum atomic E-state index is 13.0. The van der Waals surface area contributed by atoms with E-state index in [-0.39, 0.29) is 22.6 Å². The third kappa shape index (κ3) is 4.31. The summed E-state index contributed by atoms with van der Waals surface area (Å²) >= 11 is 0. The molecule has 6 nitrogen and oxygen atoms in total. The number of benzene rings is 1. The summed E-state index contributed by atoms with van der Waals surface area (Å²) in [6, 6.07) is 4.90. The minimum atomic E-state index is -3.52. The lowest BCUT2D eigenvalue weighted by Crippen LogP contribution is -2.47. The molecule has 0 radical (unpaired) electrons. The zero-order chi connectivity index (χ0) is 19.6. The van der Waals surface area contributed by atoms with Crippen molar-refractivity contribution >= 4 is 21.7 Å². The molecule has 2 amide bonds. The summed E-state index contributed by atoms with van der Waals surface area (Å²) in [7, 11) is -3.52. The van der Waals surface area contributed by atoms with Gasteiger partial charge in [0.1, 0.15) is 5.82 Å². The van der Waals surface area contributed by atoms with E-state index in [1.807, 2.05) is 0 Å². The van der Waals surface area contributed by atoms with Gasteiger partial charge in [0.25, 0.3) is 0 Å². The van der Waals surface area contributed by atoms with Crippen LogP contribution < -0.4 is 0 Å². The molecule has 1 aromatic rings. The molecule has 2 fully saturated rings. The van der Waals surface area contributed by atoms with E-state index in [2.05, 4.69) is 0 Å².